The molecule has 1 aromatic carbocycles. The van der Waals surface area contributed by atoms with E-state index in [1.165, 1.54) is 11.3 Å². The minimum absolute atomic E-state index is 0.0835. The van der Waals surface area contributed by atoms with Gasteiger partial charge >= 0.3 is 0 Å². The first-order chi connectivity index (χ1) is 10.7. The molecule has 0 saturated carbocycles. The number of aromatic nitrogens is 2. The van der Waals surface area contributed by atoms with Crippen LogP contribution in [0.4, 0.5) is 0 Å². The second kappa shape index (κ2) is 6.39. The van der Waals surface area contributed by atoms with Gasteiger partial charge in [-0.1, -0.05) is 30.3 Å². The molecule has 0 aliphatic rings. The third kappa shape index (κ3) is 2.94. The Kier molecular flexibility index (Phi) is 4.33. The molecule has 2 N–H and O–H groups in total. The quantitative estimate of drug-likeness (QED) is 0.756. The summed E-state index contributed by atoms with van der Waals surface area (Å²) in [6, 6.07) is 9.85. The van der Waals surface area contributed by atoms with E-state index in [0.29, 0.717) is 24.3 Å². The van der Waals surface area contributed by atoms with Gasteiger partial charge in [-0.05, 0) is 12.6 Å². The summed E-state index contributed by atoms with van der Waals surface area (Å²) in [6.45, 7) is 1.13. The van der Waals surface area contributed by atoms with Crippen LogP contribution < -0.4 is 5.56 Å². The van der Waals surface area contributed by atoms with Gasteiger partial charge in [-0.2, -0.15) is 0 Å². The largest absolute Gasteiger partial charge is 0.395 e. The van der Waals surface area contributed by atoms with Gasteiger partial charge in [-0.25, -0.2) is 4.98 Å². The van der Waals surface area contributed by atoms with Crippen LogP contribution in [0.15, 0.2) is 40.5 Å². The first kappa shape index (κ1) is 14.9. The Hall–Kier alpha value is -2.02. The van der Waals surface area contributed by atoms with Gasteiger partial charge in [0.2, 0.25) is 0 Å². The number of H-pyrrole nitrogens is 1. The molecule has 22 heavy (non-hydrogen) atoms. The van der Waals surface area contributed by atoms with Crippen LogP contribution in [-0.4, -0.2) is 40.2 Å². The first-order valence-corrected chi connectivity index (χ1v) is 7.92. The van der Waals surface area contributed by atoms with E-state index in [4.69, 9.17) is 5.11 Å². The Morgan fingerprint density at radius 2 is 2.09 bits per heavy atom. The number of hydrogen-bond acceptors (Lipinski definition) is 5. The van der Waals surface area contributed by atoms with Crippen LogP contribution in [-0.2, 0) is 6.54 Å². The fourth-order valence-corrected chi connectivity index (χ4v) is 3.37. The van der Waals surface area contributed by atoms with E-state index in [-0.39, 0.29) is 12.2 Å². The maximum atomic E-state index is 12.4. The second-order valence-electron chi connectivity index (χ2n) is 5.17. The standard InChI is InChI=1S/C16H17N3O2S/c1-19(7-8-20)9-13-17-15(21)14-12(10-22-16(14)18-13)11-5-3-2-4-6-11/h2-6,10,20H,7-9H2,1H3,(H,17,18,21). The fourth-order valence-electron chi connectivity index (χ4n) is 2.40. The lowest BCUT2D eigenvalue weighted by atomic mass is 10.1. The molecule has 0 unspecified atom stereocenters. The van der Waals surface area contributed by atoms with Gasteiger partial charge in [0.25, 0.3) is 5.56 Å². The van der Waals surface area contributed by atoms with Crippen molar-refractivity contribution in [2.24, 2.45) is 0 Å². The van der Waals surface area contributed by atoms with Crippen molar-refractivity contribution < 1.29 is 5.11 Å². The van der Waals surface area contributed by atoms with Crippen LogP contribution in [0, 0.1) is 0 Å². The molecule has 6 heteroatoms. The van der Waals surface area contributed by atoms with E-state index in [1.54, 1.807) is 0 Å². The zero-order valence-corrected chi connectivity index (χ0v) is 13.1. The highest BCUT2D eigenvalue weighted by atomic mass is 32.1. The molecular weight excluding hydrogens is 298 g/mol. The normalized spacial score (nSPS) is 11.4. The minimum Gasteiger partial charge on any atom is -0.395 e. The molecule has 0 bridgehead atoms. The molecule has 3 rings (SSSR count). The van der Waals surface area contributed by atoms with Gasteiger partial charge in [0, 0.05) is 17.5 Å². The summed E-state index contributed by atoms with van der Waals surface area (Å²) >= 11 is 1.48. The molecule has 114 valence electrons. The minimum atomic E-state index is -0.113. The zero-order chi connectivity index (χ0) is 15.5. The summed E-state index contributed by atoms with van der Waals surface area (Å²) in [5.41, 5.74) is 1.83. The van der Waals surface area contributed by atoms with Crippen LogP contribution >= 0.6 is 11.3 Å². The topological polar surface area (TPSA) is 69.2 Å². The molecule has 0 saturated heterocycles. The van der Waals surface area contributed by atoms with Crippen LogP contribution in [0.5, 0.6) is 0 Å². The molecule has 0 aliphatic carbocycles. The zero-order valence-electron chi connectivity index (χ0n) is 12.2. The Balaban J connectivity index is 2.02. The van der Waals surface area contributed by atoms with Crippen molar-refractivity contribution in [1.82, 2.24) is 14.9 Å². The van der Waals surface area contributed by atoms with E-state index in [2.05, 4.69) is 9.97 Å². The third-order valence-corrected chi connectivity index (χ3v) is 4.35. The smallest absolute Gasteiger partial charge is 0.260 e. The summed E-state index contributed by atoms with van der Waals surface area (Å²) in [4.78, 5) is 22.5. The highest BCUT2D eigenvalue weighted by molar-refractivity contribution is 7.17. The number of benzene rings is 1. The van der Waals surface area contributed by atoms with Crippen molar-refractivity contribution in [1.29, 1.82) is 0 Å². The molecule has 0 fully saturated rings. The molecule has 0 atom stereocenters. The average Bonchev–Trinajstić information content (AvgIpc) is 2.92. The van der Waals surface area contributed by atoms with Gasteiger partial charge in [0.15, 0.2) is 0 Å². The maximum absolute atomic E-state index is 12.4. The number of nitrogens with one attached hydrogen (secondary N) is 1. The number of aliphatic hydroxyl groups is 1. The maximum Gasteiger partial charge on any atom is 0.260 e. The third-order valence-electron chi connectivity index (χ3n) is 3.48. The van der Waals surface area contributed by atoms with E-state index in [1.807, 2.05) is 47.7 Å². The lowest BCUT2D eigenvalue weighted by Crippen LogP contribution is -2.24. The van der Waals surface area contributed by atoms with Crippen molar-refractivity contribution in [2.75, 3.05) is 20.2 Å². The van der Waals surface area contributed by atoms with Crippen molar-refractivity contribution >= 4 is 21.6 Å². The molecule has 0 spiro atoms. The lowest BCUT2D eigenvalue weighted by Gasteiger charge is -2.13. The molecule has 0 radical (unpaired) electrons. The van der Waals surface area contributed by atoms with Crippen molar-refractivity contribution in [3.05, 3.63) is 51.9 Å². The SMILES string of the molecule is CN(CCO)Cc1nc2scc(-c3ccccc3)c2c(=O)[nH]1. The summed E-state index contributed by atoms with van der Waals surface area (Å²) < 4.78 is 0. The van der Waals surface area contributed by atoms with Crippen molar-refractivity contribution in [3.8, 4) is 11.1 Å². The van der Waals surface area contributed by atoms with E-state index >= 15 is 0 Å². The number of thiophene rings is 1. The van der Waals surface area contributed by atoms with E-state index < -0.39 is 0 Å². The Morgan fingerprint density at radius 3 is 2.82 bits per heavy atom. The average molecular weight is 315 g/mol. The highest BCUT2D eigenvalue weighted by Crippen LogP contribution is 2.30. The summed E-state index contributed by atoms with van der Waals surface area (Å²) in [6.07, 6.45) is 0. The number of rotatable bonds is 5. The van der Waals surface area contributed by atoms with Crippen LogP contribution in [0.2, 0.25) is 0 Å². The van der Waals surface area contributed by atoms with Crippen LogP contribution in [0.3, 0.4) is 0 Å². The van der Waals surface area contributed by atoms with Crippen LogP contribution in [0.1, 0.15) is 5.82 Å². The van der Waals surface area contributed by atoms with Gasteiger partial charge in [-0.3, -0.25) is 9.69 Å². The van der Waals surface area contributed by atoms with Gasteiger partial charge in [0.05, 0.1) is 18.5 Å². The van der Waals surface area contributed by atoms with E-state index in [0.717, 1.165) is 16.0 Å². The summed E-state index contributed by atoms with van der Waals surface area (Å²) in [5, 5.41) is 11.6. The monoisotopic (exact) mass is 315 g/mol. The molecule has 2 heterocycles. The number of aliphatic hydroxyl groups excluding tert-OH is 1. The van der Waals surface area contributed by atoms with Gasteiger partial charge in [-0.15, -0.1) is 11.3 Å². The predicted molar refractivity (Wildman–Crippen MR) is 89.1 cm³/mol. The summed E-state index contributed by atoms with van der Waals surface area (Å²) in [5.74, 6) is 0.620. The number of nitrogens with zero attached hydrogens (tertiary/aromatic N) is 2. The fraction of sp³-hybridized carbons (Fsp3) is 0.250. The van der Waals surface area contributed by atoms with Gasteiger partial charge in [0.1, 0.15) is 10.7 Å². The number of fused-ring (bicyclic) bond motifs is 1. The molecule has 0 aliphatic heterocycles. The van der Waals surface area contributed by atoms with Crippen molar-refractivity contribution in [2.45, 2.75) is 6.54 Å². The predicted octanol–water partition coefficient (Wildman–Crippen LogP) is 2.08. The number of likely N-dealkylation sites (N-methyl/N-ethyl adjacent to an activating group) is 1. The van der Waals surface area contributed by atoms with Crippen molar-refractivity contribution in [3.63, 3.8) is 0 Å². The Labute approximate surface area is 131 Å². The molecule has 0 amide bonds. The second-order valence-corrected chi connectivity index (χ2v) is 6.03. The molecule has 2 aromatic heterocycles. The first-order valence-electron chi connectivity index (χ1n) is 7.04. The molecular formula is C16H17N3O2S. The van der Waals surface area contributed by atoms with Gasteiger partial charge < -0.3 is 10.1 Å². The molecule has 5 nitrogen and oxygen atoms in total. The van der Waals surface area contributed by atoms with Crippen LogP contribution in [0.25, 0.3) is 21.3 Å². The highest BCUT2D eigenvalue weighted by Gasteiger charge is 2.13. The Morgan fingerprint density at radius 1 is 1.32 bits per heavy atom. The summed E-state index contributed by atoms with van der Waals surface area (Å²) in [7, 11) is 1.88. The Bertz CT molecular complexity index is 826. The van der Waals surface area contributed by atoms with E-state index in [9.17, 15) is 4.79 Å². The lowest BCUT2D eigenvalue weighted by molar-refractivity contribution is 0.214. The number of aromatic amines is 1. The number of hydrogen-bond donors (Lipinski definition) is 2. The molecule has 3 aromatic rings.